The van der Waals surface area contributed by atoms with E-state index in [0.717, 1.165) is 12.1 Å². The number of halogens is 1. The molecule has 2 rings (SSSR count). The van der Waals surface area contributed by atoms with Crippen LogP contribution in [0.1, 0.15) is 5.56 Å². The summed E-state index contributed by atoms with van der Waals surface area (Å²) in [7, 11) is -2.41. The monoisotopic (exact) mass is 310 g/mol. The van der Waals surface area contributed by atoms with Gasteiger partial charge in [0.1, 0.15) is 16.5 Å². The summed E-state index contributed by atoms with van der Waals surface area (Å²) in [5.74, 6) is -0.103. The lowest BCUT2D eigenvalue weighted by molar-refractivity contribution is 0.409. The SMILES string of the molecule is COc1ccccc1CNS(=O)(=O)c1cc(F)ccc1N. The second kappa shape index (κ2) is 6.11. The van der Waals surface area contributed by atoms with Crippen molar-refractivity contribution in [3.05, 3.63) is 53.8 Å². The maximum atomic E-state index is 13.2. The predicted molar refractivity (Wildman–Crippen MR) is 77.8 cm³/mol. The van der Waals surface area contributed by atoms with E-state index in [1.165, 1.54) is 13.2 Å². The van der Waals surface area contributed by atoms with Crippen LogP contribution in [0.25, 0.3) is 0 Å². The summed E-state index contributed by atoms with van der Waals surface area (Å²) in [6, 6.07) is 10.2. The molecule has 2 aromatic carbocycles. The van der Waals surface area contributed by atoms with Gasteiger partial charge in [0, 0.05) is 12.1 Å². The smallest absolute Gasteiger partial charge is 0.243 e. The Morgan fingerprint density at radius 3 is 2.67 bits per heavy atom. The molecule has 0 fully saturated rings. The number of sulfonamides is 1. The average molecular weight is 310 g/mol. The number of benzene rings is 2. The number of para-hydroxylation sites is 1. The second-order valence-corrected chi connectivity index (χ2v) is 6.05. The van der Waals surface area contributed by atoms with Gasteiger partial charge in [-0.15, -0.1) is 0 Å². The number of ether oxygens (including phenoxy) is 1. The van der Waals surface area contributed by atoms with Gasteiger partial charge >= 0.3 is 0 Å². The van der Waals surface area contributed by atoms with Crippen LogP contribution in [-0.2, 0) is 16.6 Å². The Morgan fingerprint density at radius 2 is 1.95 bits per heavy atom. The molecule has 21 heavy (non-hydrogen) atoms. The number of nitrogens with one attached hydrogen (secondary N) is 1. The molecule has 0 aliphatic rings. The summed E-state index contributed by atoms with van der Waals surface area (Å²) in [4.78, 5) is -0.280. The van der Waals surface area contributed by atoms with E-state index in [1.807, 2.05) is 0 Å². The van der Waals surface area contributed by atoms with Crippen LogP contribution in [0, 0.1) is 5.82 Å². The molecule has 0 amide bonds. The Morgan fingerprint density at radius 1 is 1.24 bits per heavy atom. The van der Waals surface area contributed by atoms with Crippen molar-refractivity contribution in [2.45, 2.75) is 11.4 Å². The zero-order chi connectivity index (χ0) is 15.5. The third-order valence-electron chi connectivity index (χ3n) is 2.91. The maximum absolute atomic E-state index is 13.2. The molecule has 0 saturated heterocycles. The van der Waals surface area contributed by atoms with Gasteiger partial charge < -0.3 is 10.5 Å². The minimum Gasteiger partial charge on any atom is -0.496 e. The number of rotatable bonds is 5. The van der Waals surface area contributed by atoms with Crippen LogP contribution in [0.5, 0.6) is 5.75 Å². The molecular formula is C14H15FN2O3S. The number of nitrogens with two attached hydrogens (primary N) is 1. The van der Waals surface area contributed by atoms with Gasteiger partial charge in [0.2, 0.25) is 10.0 Å². The van der Waals surface area contributed by atoms with Crippen molar-refractivity contribution in [3.8, 4) is 5.75 Å². The fraction of sp³-hybridized carbons (Fsp3) is 0.143. The van der Waals surface area contributed by atoms with Crippen LogP contribution in [0.3, 0.4) is 0 Å². The van der Waals surface area contributed by atoms with Gasteiger partial charge in [-0.2, -0.15) is 0 Å². The van der Waals surface area contributed by atoms with E-state index in [9.17, 15) is 12.8 Å². The van der Waals surface area contributed by atoms with Gasteiger partial charge in [-0.3, -0.25) is 0 Å². The minimum absolute atomic E-state index is 0.0103. The Balaban J connectivity index is 2.24. The molecule has 0 aliphatic carbocycles. The molecule has 5 nitrogen and oxygen atoms in total. The summed E-state index contributed by atoms with van der Waals surface area (Å²) < 4.78 is 45.1. The molecule has 112 valence electrons. The molecule has 0 saturated carbocycles. The van der Waals surface area contributed by atoms with Crippen molar-refractivity contribution in [3.63, 3.8) is 0 Å². The lowest BCUT2D eigenvalue weighted by atomic mass is 10.2. The topological polar surface area (TPSA) is 81.4 Å². The van der Waals surface area contributed by atoms with Gasteiger partial charge in [-0.1, -0.05) is 18.2 Å². The molecule has 0 spiro atoms. The second-order valence-electron chi connectivity index (χ2n) is 4.32. The summed E-state index contributed by atoms with van der Waals surface area (Å²) in [6.45, 7) is 0.0162. The van der Waals surface area contributed by atoms with Crippen LogP contribution in [-0.4, -0.2) is 15.5 Å². The van der Waals surface area contributed by atoms with Gasteiger partial charge in [0.15, 0.2) is 0 Å². The van der Waals surface area contributed by atoms with Crippen molar-refractivity contribution in [1.29, 1.82) is 0 Å². The normalized spacial score (nSPS) is 11.3. The fourth-order valence-electron chi connectivity index (χ4n) is 1.84. The first kappa shape index (κ1) is 15.3. The van der Waals surface area contributed by atoms with Gasteiger partial charge in [0.05, 0.1) is 12.8 Å². The Hall–Kier alpha value is -2.12. The van der Waals surface area contributed by atoms with Gasteiger partial charge in [-0.05, 0) is 24.3 Å². The predicted octanol–water partition coefficient (Wildman–Crippen LogP) is 1.90. The molecule has 0 heterocycles. The van der Waals surface area contributed by atoms with E-state index in [0.29, 0.717) is 11.3 Å². The Bertz CT molecular complexity index is 748. The van der Waals surface area contributed by atoms with E-state index >= 15 is 0 Å². The number of nitrogen functional groups attached to an aromatic ring is 1. The Labute approximate surface area is 122 Å². The molecular weight excluding hydrogens is 295 g/mol. The quantitative estimate of drug-likeness (QED) is 0.826. The highest BCUT2D eigenvalue weighted by Gasteiger charge is 2.18. The molecule has 0 aliphatic heterocycles. The van der Waals surface area contributed by atoms with Crippen LogP contribution < -0.4 is 15.2 Å². The standard InChI is InChI=1S/C14H15FN2O3S/c1-20-13-5-3-2-4-10(13)9-17-21(18,19)14-8-11(15)6-7-12(14)16/h2-8,17H,9,16H2,1H3. The van der Waals surface area contributed by atoms with Crippen LogP contribution >= 0.6 is 0 Å². The minimum atomic E-state index is -3.91. The number of hydrogen-bond acceptors (Lipinski definition) is 4. The number of anilines is 1. The molecule has 0 radical (unpaired) electrons. The molecule has 0 aromatic heterocycles. The largest absolute Gasteiger partial charge is 0.496 e. The number of methoxy groups -OCH3 is 1. The first-order valence-electron chi connectivity index (χ1n) is 6.10. The van der Waals surface area contributed by atoms with E-state index in [2.05, 4.69) is 4.72 Å². The highest BCUT2D eigenvalue weighted by Crippen LogP contribution is 2.21. The third kappa shape index (κ3) is 3.50. The molecule has 7 heteroatoms. The molecule has 0 bridgehead atoms. The number of hydrogen-bond donors (Lipinski definition) is 2. The van der Waals surface area contributed by atoms with E-state index in [1.54, 1.807) is 24.3 Å². The summed E-state index contributed by atoms with van der Waals surface area (Å²) in [6.07, 6.45) is 0. The van der Waals surface area contributed by atoms with Crippen molar-refractivity contribution in [1.82, 2.24) is 4.72 Å². The lowest BCUT2D eigenvalue weighted by Gasteiger charge is -2.11. The zero-order valence-electron chi connectivity index (χ0n) is 11.3. The molecule has 0 unspecified atom stereocenters. The van der Waals surface area contributed by atoms with Crippen LogP contribution in [0.4, 0.5) is 10.1 Å². The average Bonchev–Trinajstić information content (AvgIpc) is 2.48. The van der Waals surface area contributed by atoms with Crippen LogP contribution in [0.2, 0.25) is 0 Å². The van der Waals surface area contributed by atoms with E-state index in [-0.39, 0.29) is 17.1 Å². The lowest BCUT2D eigenvalue weighted by Crippen LogP contribution is -2.24. The first-order chi connectivity index (χ1) is 9.94. The molecule has 3 N–H and O–H groups in total. The van der Waals surface area contributed by atoms with Gasteiger partial charge in [-0.25, -0.2) is 17.5 Å². The van der Waals surface area contributed by atoms with Gasteiger partial charge in [0.25, 0.3) is 0 Å². The first-order valence-corrected chi connectivity index (χ1v) is 7.59. The van der Waals surface area contributed by atoms with Crippen molar-refractivity contribution in [2.24, 2.45) is 0 Å². The summed E-state index contributed by atoms with van der Waals surface area (Å²) >= 11 is 0. The van der Waals surface area contributed by atoms with E-state index in [4.69, 9.17) is 10.5 Å². The highest BCUT2D eigenvalue weighted by molar-refractivity contribution is 7.89. The van der Waals surface area contributed by atoms with Crippen molar-refractivity contribution < 1.29 is 17.5 Å². The summed E-state index contributed by atoms with van der Waals surface area (Å²) in [5.41, 5.74) is 6.25. The molecule has 2 aromatic rings. The molecule has 0 atom stereocenters. The summed E-state index contributed by atoms with van der Waals surface area (Å²) in [5, 5.41) is 0. The zero-order valence-corrected chi connectivity index (χ0v) is 12.2. The van der Waals surface area contributed by atoms with Crippen molar-refractivity contribution in [2.75, 3.05) is 12.8 Å². The van der Waals surface area contributed by atoms with Crippen LogP contribution in [0.15, 0.2) is 47.4 Å². The fourth-order valence-corrected chi connectivity index (χ4v) is 2.99. The van der Waals surface area contributed by atoms with Crippen molar-refractivity contribution >= 4 is 15.7 Å². The third-order valence-corrected chi connectivity index (χ3v) is 4.37. The highest BCUT2D eigenvalue weighted by atomic mass is 32.2. The maximum Gasteiger partial charge on any atom is 0.243 e. The Kier molecular flexibility index (Phi) is 4.44. The van der Waals surface area contributed by atoms with E-state index < -0.39 is 15.8 Å².